The normalized spacial score (nSPS) is 13.7. The fourth-order valence-corrected chi connectivity index (χ4v) is 2.97. The van der Waals surface area contributed by atoms with Crippen LogP contribution in [0.15, 0.2) is 12.1 Å². The Morgan fingerprint density at radius 3 is 2.46 bits per heavy atom. The van der Waals surface area contributed by atoms with Crippen molar-refractivity contribution in [3.05, 3.63) is 51.1 Å². The third-order valence-electron chi connectivity index (χ3n) is 4.22. The third-order valence-corrected chi connectivity index (χ3v) is 4.63. The molecule has 2 aromatic rings. The van der Waals surface area contributed by atoms with Crippen LogP contribution in [0.5, 0.6) is 0 Å². The number of aryl methyl sites for hydroxylation is 1. The van der Waals surface area contributed by atoms with Crippen molar-refractivity contribution >= 4 is 29.3 Å². The molecular weight excluding hydrogens is 367 g/mol. The van der Waals surface area contributed by atoms with Gasteiger partial charge in [0, 0.05) is 10.6 Å². The molecule has 0 amide bonds. The number of carbonyl (C=O) groups excluding carboxylic acids is 1. The molecule has 1 aliphatic rings. The topological polar surface area (TPSA) is 109 Å². The van der Waals surface area contributed by atoms with Gasteiger partial charge in [-0.2, -0.15) is 5.10 Å². The van der Waals surface area contributed by atoms with E-state index in [-0.39, 0.29) is 33.5 Å². The minimum Gasteiger partial charge on any atom is -0.477 e. The zero-order chi connectivity index (χ0) is 19.2. The second-order valence-electron chi connectivity index (χ2n) is 6.16. The van der Waals surface area contributed by atoms with Crippen molar-refractivity contribution in [2.45, 2.75) is 32.2 Å². The summed E-state index contributed by atoms with van der Waals surface area (Å²) >= 11 is 5.81. The molecule has 0 atom stereocenters. The first kappa shape index (κ1) is 18.1. The molecule has 26 heavy (non-hydrogen) atoms. The highest BCUT2D eigenvalue weighted by molar-refractivity contribution is 6.31. The largest absolute Gasteiger partial charge is 0.477 e. The number of halogens is 2. The van der Waals surface area contributed by atoms with Crippen molar-refractivity contribution in [2.75, 3.05) is 0 Å². The van der Waals surface area contributed by atoms with Crippen LogP contribution < -0.4 is 0 Å². The van der Waals surface area contributed by atoms with Crippen molar-refractivity contribution in [1.82, 2.24) is 9.78 Å². The first-order valence-corrected chi connectivity index (χ1v) is 8.14. The van der Waals surface area contributed by atoms with Crippen LogP contribution in [-0.2, 0) is 6.54 Å². The molecule has 0 saturated heterocycles. The maximum atomic E-state index is 14.0. The summed E-state index contributed by atoms with van der Waals surface area (Å²) in [5, 5.41) is 22.7. The van der Waals surface area contributed by atoms with Gasteiger partial charge in [0.2, 0.25) is 0 Å². The van der Waals surface area contributed by atoms with Crippen molar-refractivity contribution in [3.63, 3.8) is 0 Å². The van der Waals surface area contributed by atoms with Crippen LogP contribution in [0, 0.1) is 12.7 Å². The minimum atomic E-state index is -1.38. The Morgan fingerprint density at radius 2 is 1.92 bits per heavy atom. The first-order valence-electron chi connectivity index (χ1n) is 7.76. The summed E-state index contributed by atoms with van der Waals surface area (Å²) in [6.45, 7) is 1.01. The second kappa shape index (κ2) is 6.53. The predicted molar refractivity (Wildman–Crippen MR) is 88.6 cm³/mol. The van der Waals surface area contributed by atoms with Crippen LogP contribution in [0.3, 0.4) is 0 Å². The lowest BCUT2D eigenvalue weighted by Gasteiger charge is -2.08. The zero-order valence-electron chi connectivity index (χ0n) is 13.6. The molecule has 1 heterocycles. The highest BCUT2D eigenvalue weighted by atomic mass is 35.5. The Morgan fingerprint density at radius 1 is 1.27 bits per heavy atom. The van der Waals surface area contributed by atoms with E-state index in [9.17, 15) is 29.0 Å². The van der Waals surface area contributed by atoms with Gasteiger partial charge in [0.1, 0.15) is 12.4 Å². The van der Waals surface area contributed by atoms with Crippen LogP contribution >= 0.6 is 11.6 Å². The Hall–Kier alpha value is -2.74. The molecule has 0 bridgehead atoms. The fourth-order valence-electron chi connectivity index (χ4n) is 2.82. The molecular formula is C17H14ClFN2O5. The molecule has 0 unspecified atom stereocenters. The van der Waals surface area contributed by atoms with E-state index in [2.05, 4.69) is 5.10 Å². The van der Waals surface area contributed by atoms with Gasteiger partial charge in [-0.15, -0.1) is 0 Å². The summed E-state index contributed by atoms with van der Waals surface area (Å²) in [4.78, 5) is 35.5. The molecule has 2 N–H and O–H groups in total. The molecule has 1 saturated carbocycles. The molecule has 3 rings (SSSR count). The molecule has 0 aliphatic heterocycles. The van der Waals surface area contributed by atoms with Crippen LogP contribution in [0.2, 0.25) is 5.02 Å². The van der Waals surface area contributed by atoms with Crippen LogP contribution in [-0.4, -0.2) is 37.7 Å². The maximum absolute atomic E-state index is 14.0. The number of hydrogen-bond donors (Lipinski definition) is 2. The highest BCUT2D eigenvalue weighted by Crippen LogP contribution is 2.43. The van der Waals surface area contributed by atoms with Gasteiger partial charge < -0.3 is 10.2 Å². The molecule has 9 heteroatoms. The zero-order valence-corrected chi connectivity index (χ0v) is 14.4. The van der Waals surface area contributed by atoms with Crippen molar-refractivity contribution in [3.8, 4) is 0 Å². The van der Waals surface area contributed by atoms with Gasteiger partial charge in [-0.3, -0.25) is 4.79 Å². The summed E-state index contributed by atoms with van der Waals surface area (Å²) in [6.07, 6.45) is 1.32. The lowest BCUT2D eigenvalue weighted by atomic mass is 10.1. The van der Waals surface area contributed by atoms with E-state index in [1.807, 2.05) is 0 Å². The molecule has 1 aromatic carbocycles. The quantitative estimate of drug-likeness (QED) is 0.745. The van der Waals surface area contributed by atoms with Crippen LogP contribution in [0.4, 0.5) is 4.39 Å². The number of hydrogen-bond acceptors (Lipinski definition) is 4. The van der Waals surface area contributed by atoms with Gasteiger partial charge in [-0.1, -0.05) is 11.6 Å². The average Bonchev–Trinajstić information content (AvgIpc) is 3.31. The monoisotopic (exact) mass is 380 g/mol. The third kappa shape index (κ3) is 3.20. The van der Waals surface area contributed by atoms with E-state index in [1.54, 1.807) is 6.92 Å². The Kier molecular flexibility index (Phi) is 4.53. The number of Topliss-reactive ketones (excluding diaryl/α,β-unsaturated/α-hetero) is 1. The summed E-state index contributed by atoms with van der Waals surface area (Å²) in [5.74, 6) is -4.52. The molecule has 0 radical (unpaired) electrons. The Labute approximate surface area is 152 Å². The van der Waals surface area contributed by atoms with Crippen LogP contribution in [0.25, 0.3) is 0 Å². The summed E-state index contributed by atoms with van der Waals surface area (Å²) in [7, 11) is 0. The summed E-state index contributed by atoms with van der Waals surface area (Å²) in [5.41, 5.74) is -0.385. The van der Waals surface area contributed by atoms with Gasteiger partial charge in [-0.25, -0.2) is 18.7 Å². The van der Waals surface area contributed by atoms with Gasteiger partial charge in [-0.05, 0) is 43.4 Å². The van der Waals surface area contributed by atoms with Crippen molar-refractivity contribution in [2.24, 2.45) is 0 Å². The van der Waals surface area contributed by atoms with E-state index in [0.29, 0.717) is 18.4 Å². The predicted octanol–water partition coefficient (Wildman–Crippen LogP) is 3.14. The van der Waals surface area contributed by atoms with Gasteiger partial charge >= 0.3 is 11.9 Å². The van der Waals surface area contributed by atoms with Crippen molar-refractivity contribution < 1.29 is 29.0 Å². The molecule has 1 fully saturated rings. The number of nitrogens with zero attached hydrogens (tertiary/aromatic N) is 2. The number of ketones is 1. The molecule has 136 valence electrons. The number of carboxylic acids is 2. The SMILES string of the molecule is Cc1cc(C(=O)Cn2nc(C(=O)O)c(C3CC3)c2C(=O)O)c(F)cc1Cl. The number of aromatic nitrogens is 2. The molecule has 1 aliphatic carbocycles. The molecule has 0 spiro atoms. The summed E-state index contributed by atoms with van der Waals surface area (Å²) in [6, 6.07) is 2.27. The van der Waals surface area contributed by atoms with E-state index >= 15 is 0 Å². The maximum Gasteiger partial charge on any atom is 0.356 e. The van der Waals surface area contributed by atoms with Gasteiger partial charge in [0.25, 0.3) is 0 Å². The second-order valence-corrected chi connectivity index (χ2v) is 6.56. The highest BCUT2D eigenvalue weighted by Gasteiger charge is 2.37. The fraction of sp³-hybridized carbons (Fsp3) is 0.294. The van der Waals surface area contributed by atoms with Gasteiger partial charge in [0.15, 0.2) is 17.2 Å². The Bertz CT molecular complexity index is 949. The number of aromatic carboxylic acids is 2. The lowest BCUT2D eigenvalue weighted by molar-refractivity contribution is 0.0674. The lowest BCUT2D eigenvalue weighted by Crippen LogP contribution is -2.18. The van der Waals surface area contributed by atoms with E-state index in [0.717, 1.165) is 10.7 Å². The molecule has 1 aromatic heterocycles. The molecule has 7 nitrogen and oxygen atoms in total. The minimum absolute atomic E-state index is 0.116. The van der Waals surface area contributed by atoms with Crippen LogP contribution in [0.1, 0.15) is 61.2 Å². The number of carboxylic acid groups (broad SMARTS) is 2. The first-order chi connectivity index (χ1) is 12.2. The number of rotatable bonds is 6. The van der Waals surface area contributed by atoms with E-state index < -0.39 is 30.1 Å². The van der Waals surface area contributed by atoms with Crippen molar-refractivity contribution in [1.29, 1.82) is 0 Å². The average molecular weight is 381 g/mol. The standard InChI is InChI=1S/C17H14ClFN2O5/c1-7-4-9(11(19)5-10(7)18)12(22)6-21-15(17(25)26)13(8-2-3-8)14(20-21)16(23)24/h4-5,8H,2-3,6H2,1H3,(H,23,24)(H,25,26). The Balaban J connectivity index is 2.03. The smallest absolute Gasteiger partial charge is 0.356 e. The van der Waals surface area contributed by atoms with Gasteiger partial charge in [0.05, 0.1) is 5.56 Å². The number of carbonyl (C=O) groups is 3. The number of benzene rings is 1. The summed E-state index contributed by atoms with van der Waals surface area (Å²) < 4.78 is 14.9. The van der Waals surface area contributed by atoms with E-state index in [4.69, 9.17) is 11.6 Å². The van der Waals surface area contributed by atoms with E-state index in [1.165, 1.54) is 6.07 Å².